The zero-order valence-corrected chi connectivity index (χ0v) is 9.57. The van der Waals surface area contributed by atoms with E-state index in [2.05, 4.69) is 9.62 Å². The monoisotopic (exact) mass is 218 g/mol. The van der Waals surface area contributed by atoms with E-state index in [9.17, 15) is 9.59 Å². The Morgan fingerprint density at radius 2 is 1.87 bits per heavy atom. The smallest absolute Gasteiger partial charge is 0.345 e. The molecule has 1 N–H and O–H groups in total. The molecule has 0 heterocycles. The van der Waals surface area contributed by atoms with Gasteiger partial charge >= 0.3 is 11.9 Å². The van der Waals surface area contributed by atoms with Crippen LogP contribution in [0.3, 0.4) is 0 Å². The van der Waals surface area contributed by atoms with Crippen LogP contribution in [0.4, 0.5) is 0 Å². The van der Waals surface area contributed by atoms with Crippen molar-refractivity contribution in [2.24, 2.45) is 11.3 Å². The second kappa shape index (κ2) is 5.70. The average molecular weight is 218 g/mol. The van der Waals surface area contributed by atoms with E-state index in [0.29, 0.717) is 6.42 Å². The highest BCUT2D eigenvalue weighted by molar-refractivity contribution is 5.74. The summed E-state index contributed by atoms with van der Waals surface area (Å²) in [5, 5.41) is 8.33. The van der Waals surface area contributed by atoms with E-state index in [1.165, 1.54) is 7.11 Å². The van der Waals surface area contributed by atoms with Crippen molar-refractivity contribution in [2.75, 3.05) is 7.11 Å². The lowest BCUT2D eigenvalue weighted by Crippen LogP contribution is -2.30. The Bertz CT molecular complexity index is 228. The number of carbonyl (C=O) groups excluding carboxylic acids is 2. The summed E-state index contributed by atoms with van der Waals surface area (Å²) in [5.41, 5.74) is -0.367. The molecule has 0 aromatic carbocycles. The Kier molecular flexibility index (Phi) is 5.28. The number of ether oxygens (including phenoxy) is 1. The molecule has 5 heteroatoms. The summed E-state index contributed by atoms with van der Waals surface area (Å²) >= 11 is 0. The van der Waals surface area contributed by atoms with Gasteiger partial charge in [0.25, 0.3) is 0 Å². The van der Waals surface area contributed by atoms with Gasteiger partial charge in [0.05, 0.1) is 13.0 Å². The van der Waals surface area contributed by atoms with Crippen molar-refractivity contribution in [3.63, 3.8) is 0 Å². The topological polar surface area (TPSA) is 72.8 Å². The second-order valence-corrected chi connectivity index (χ2v) is 4.44. The zero-order valence-electron chi connectivity index (χ0n) is 9.57. The van der Waals surface area contributed by atoms with Crippen LogP contribution in [0.5, 0.6) is 0 Å². The molecule has 1 unspecified atom stereocenters. The quantitative estimate of drug-likeness (QED) is 0.441. The van der Waals surface area contributed by atoms with Gasteiger partial charge in [0.1, 0.15) is 0 Å². The van der Waals surface area contributed by atoms with E-state index >= 15 is 0 Å². The maximum absolute atomic E-state index is 11.2. The summed E-state index contributed by atoms with van der Waals surface area (Å²) in [6.07, 6.45) is 0.434. The van der Waals surface area contributed by atoms with Crippen LogP contribution >= 0.6 is 0 Å². The molecule has 0 aromatic heterocycles. The highest BCUT2D eigenvalue weighted by Gasteiger charge is 2.33. The van der Waals surface area contributed by atoms with E-state index in [4.69, 9.17) is 5.26 Å². The highest BCUT2D eigenvalue weighted by Crippen LogP contribution is 2.30. The lowest BCUT2D eigenvalue weighted by molar-refractivity contribution is -0.242. The molecule has 0 rings (SSSR count). The van der Waals surface area contributed by atoms with Gasteiger partial charge in [0.2, 0.25) is 0 Å². The second-order valence-electron chi connectivity index (χ2n) is 4.44. The van der Waals surface area contributed by atoms with Crippen LogP contribution in [-0.4, -0.2) is 24.3 Å². The minimum absolute atomic E-state index is 0.132. The summed E-state index contributed by atoms with van der Waals surface area (Å²) in [6.45, 7) is 5.52. The number of rotatable bonds is 4. The molecule has 0 bridgehead atoms. The van der Waals surface area contributed by atoms with Gasteiger partial charge in [-0.2, -0.15) is 5.26 Å². The lowest BCUT2D eigenvalue weighted by Gasteiger charge is -2.27. The third-order valence-corrected chi connectivity index (χ3v) is 2.28. The van der Waals surface area contributed by atoms with Gasteiger partial charge < -0.3 is 9.62 Å². The van der Waals surface area contributed by atoms with Crippen molar-refractivity contribution in [3.8, 4) is 0 Å². The van der Waals surface area contributed by atoms with Gasteiger partial charge in [-0.25, -0.2) is 4.79 Å². The van der Waals surface area contributed by atoms with E-state index < -0.39 is 11.9 Å². The third kappa shape index (κ3) is 4.78. The minimum Gasteiger partial charge on any atom is -0.469 e. The van der Waals surface area contributed by atoms with Crippen molar-refractivity contribution >= 4 is 11.9 Å². The number of hydrogen-bond acceptors (Lipinski definition) is 5. The number of methoxy groups -OCH3 is 1. The average Bonchev–Trinajstić information content (AvgIpc) is 2.15. The maximum atomic E-state index is 11.2. The largest absolute Gasteiger partial charge is 0.469 e. The molecular weight excluding hydrogens is 200 g/mol. The first kappa shape index (κ1) is 13.9. The Labute approximate surface area is 89.3 Å². The summed E-state index contributed by atoms with van der Waals surface area (Å²) in [4.78, 5) is 25.9. The molecule has 5 nitrogen and oxygen atoms in total. The maximum Gasteiger partial charge on any atom is 0.345 e. The third-order valence-electron chi connectivity index (χ3n) is 2.28. The summed E-state index contributed by atoms with van der Waals surface area (Å²) in [7, 11) is 1.29. The number of carbonyl (C=O) groups is 2. The van der Waals surface area contributed by atoms with Crippen molar-refractivity contribution in [1.82, 2.24) is 0 Å². The summed E-state index contributed by atoms with van der Waals surface area (Å²) < 4.78 is 4.47. The predicted octanol–water partition coefficient (Wildman–Crippen LogP) is 1.62. The molecule has 88 valence electrons. The molecule has 0 saturated heterocycles. The van der Waals surface area contributed by atoms with Gasteiger partial charge in [-0.15, -0.1) is 0 Å². The van der Waals surface area contributed by atoms with Crippen molar-refractivity contribution in [1.29, 1.82) is 0 Å². The molecule has 0 fully saturated rings. The fraction of sp³-hybridized carbons (Fsp3) is 0.800. The molecule has 0 spiro atoms. The molecule has 1 atom stereocenters. The Morgan fingerprint density at radius 1 is 1.33 bits per heavy atom. The van der Waals surface area contributed by atoms with E-state index in [1.807, 2.05) is 20.8 Å². The van der Waals surface area contributed by atoms with Gasteiger partial charge in [-0.05, 0) is 11.8 Å². The first-order valence-corrected chi connectivity index (χ1v) is 4.75. The van der Waals surface area contributed by atoms with Crippen LogP contribution in [-0.2, 0) is 19.2 Å². The first-order valence-electron chi connectivity index (χ1n) is 4.75. The standard InChI is InChI=1S/C10H18O5/c1-10(2,3)7(9(12)15-13)5-6-8(11)14-4/h7,13H,5-6H2,1-4H3. The minimum atomic E-state index is -0.716. The molecule has 0 aromatic rings. The Balaban J connectivity index is 4.40. The van der Waals surface area contributed by atoms with Crippen LogP contribution in [0.15, 0.2) is 0 Å². The fourth-order valence-electron chi connectivity index (χ4n) is 1.33. The van der Waals surface area contributed by atoms with Crippen LogP contribution < -0.4 is 0 Å². The van der Waals surface area contributed by atoms with E-state index in [-0.39, 0.29) is 17.8 Å². The van der Waals surface area contributed by atoms with Crippen LogP contribution in [0.2, 0.25) is 0 Å². The van der Waals surface area contributed by atoms with Crippen molar-refractivity contribution in [2.45, 2.75) is 33.6 Å². The molecule has 0 aliphatic carbocycles. The molecule has 0 saturated carbocycles. The van der Waals surface area contributed by atoms with Gasteiger partial charge in [-0.1, -0.05) is 20.8 Å². The Hall–Kier alpha value is -1.10. The molecule has 0 aliphatic heterocycles. The SMILES string of the molecule is COC(=O)CCC(C(=O)OO)C(C)(C)C. The van der Waals surface area contributed by atoms with Crippen molar-refractivity contribution in [3.05, 3.63) is 0 Å². The fourth-order valence-corrected chi connectivity index (χ4v) is 1.33. The van der Waals surface area contributed by atoms with E-state index in [1.54, 1.807) is 0 Å². The van der Waals surface area contributed by atoms with Gasteiger partial charge in [0, 0.05) is 6.42 Å². The Morgan fingerprint density at radius 3 is 2.20 bits per heavy atom. The number of esters is 1. The van der Waals surface area contributed by atoms with Gasteiger partial charge in [-0.3, -0.25) is 4.79 Å². The molecule has 0 amide bonds. The molecular formula is C10H18O5. The van der Waals surface area contributed by atoms with Crippen LogP contribution in [0.25, 0.3) is 0 Å². The first-order chi connectivity index (χ1) is 6.82. The number of hydrogen-bond donors (Lipinski definition) is 1. The molecule has 0 aliphatic rings. The zero-order chi connectivity index (χ0) is 12.1. The van der Waals surface area contributed by atoms with Crippen LogP contribution in [0, 0.1) is 11.3 Å². The van der Waals surface area contributed by atoms with E-state index in [0.717, 1.165) is 0 Å². The summed E-state index contributed by atoms with van der Waals surface area (Å²) in [6, 6.07) is 0. The molecule has 15 heavy (non-hydrogen) atoms. The van der Waals surface area contributed by atoms with Crippen LogP contribution in [0.1, 0.15) is 33.6 Å². The summed E-state index contributed by atoms with van der Waals surface area (Å²) in [5.74, 6) is -1.62. The normalized spacial score (nSPS) is 13.1. The highest BCUT2D eigenvalue weighted by atomic mass is 17.1. The van der Waals surface area contributed by atoms with Gasteiger partial charge in [0.15, 0.2) is 0 Å². The van der Waals surface area contributed by atoms with Crippen molar-refractivity contribution < 1.29 is 24.5 Å². The predicted molar refractivity (Wildman–Crippen MR) is 52.9 cm³/mol. The lowest BCUT2D eigenvalue weighted by atomic mass is 9.78. The molecule has 0 radical (unpaired) electrons.